The van der Waals surface area contributed by atoms with Crippen LogP contribution in [0.4, 0.5) is 0 Å². The van der Waals surface area contributed by atoms with Gasteiger partial charge in [-0.3, -0.25) is 0 Å². The van der Waals surface area contributed by atoms with Crippen LogP contribution in [0.3, 0.4) is 0 Å². The van der Waals surface area contributed by atoms with Crippen molar-refractivity contribution in [1.29, 1.82) is 5.26 Å². The zero-order valence-electron chi connectivity index (χ0n) is 8.16. The van der Waals surface area contributed by atoms with Crippen LogP contribution in [0, 0.1) is 11.3 Å². The van der Waals surface area contributed by atoms with Crippen LogP contribution < -0.4 is 5.73 Å². The van der Waals surface area contributed by atoms with Gasteiger partial charge in [0.15, 0.2) is 0 Å². The van der Waals surface area contributed by atoms with E-state index < -0.39 is 0 Å². The minimum absolute atomic E-state index is 0.307. The highest BCUT2D eigenvalue weighted by molar-refractivity contribution is 5.39. The summed E-state index contributed by atoms with van der Waals surface area (Å²) >= 11 is 0. The molecule has 1 aliphatic carbocycles. The third kappa shape index (κ3) is 1.51. The molecule has 1 saturated carbocycles. The summed E-state index contributed by atoms with van der Waals surface area (Å²) in [6.45, 7) is 0.733. The molecule has 1 fully saturated rings. The third-order valence-electron chi connectivity index (χ3n) is 3.08. The Bertz CT molecular complexity index is 372. The van der Waals surface area contributed by atoms with Crippen molar-refractivity contribution >= 4 is 0 Å². The number of hydrogen-bond acceptors (Lipinski definition) is 2. The number of rotatable bonds is 3. The van der Waals surface area contributed by atoms with Gasteiger partial charge in [0.1, 0.15) is 0 Å². The Morgan fingerprint density at radius 2 is 2.21 bits per heavy atom. The van der Waals surface area contributed by atoms with Gasteiger partial charge in [-0.1, -0.05) is 12.1 Å². The van der Waals surface area contributed by atoms with Gasteiger partial charge in [0, 0.05) is 0 Å². The van der Waals surface area contributed by atoms with Crippen molar-refractivity contribution in [3.05, 3.63) is 35.4 Å². The molecule has 2 heteroatoms. The molecule has 0 unspecified atom stereocenters. The van der Waals surface area contributed by atoms with E-state index in [1.165, 1.54) is 18.4 Å². The molecule has 0 saturated heterocycles. The largest absolute Gasteiger partial charge is 0.330 e. The number of hydrogen-bond donors (Lipinski definition) is 1. The highest BCUT2D eigenvalue weighted by Crippen LogP contribution is 2.50. The van der Waals surface area contributed by atoms with Crippen molar-refractivity contribution in [3.8, 4) is 6.07 Å². The fraction of sp³-hybridized carbons (Fsp3) is 0.417. The molecule has 0 aromatic heterocycles. The summed E-state index contributed by atoms with van der Waals surface area (Å²) in [6, 6.07) is 10.1. The Morgan fingerprint density at radius 3 is 2.79 bits per heavy atom. The van der Waals surface area contributed by atoms with E-state index in [-0.39, 0.29) is 0 Å². The van der Waals surface area contributed by atoms with Crippen molar-refractivity contribution in [1.82, 2.24) is 0 Å². The molecule has 1 aromatic carbocycles. The monoisotopic (exact) mass is 186 g/mol. The van der Waals surface area contributed by atoms with Crippen molar-refractivity contribution in [2.24, 2.45) is 5.73 Å². The van der Waals surface area contributed by atoms with Gasteiger partial charge in [-0.05, 0) is 48.9 Å². The van der Waals surface area contributed by atoms with E-state index in [9.17, 15) is 0 Å². The van der Waals surface area contributed by atoms with E-state index in [4.69, 9.17) is 11.0 Å². The van der Waals surface area contributed by atoms with Gasteiger partial charge in [0.2, 0.25) is 0 Å². The molecule has 14 heavy (non-hydrogen) atoms. The Balaban J connectivity index is 2.28. The molecule has 1 aliphatic rings. The summed E-state index contributed by atoms with van der Waals surface area (Å²) in [5.41, 5.74) is 7.95. The molecule has 0 spiro atoms. The van der Waals surface area contributed by atoms with Gasteiger partial charge in [-0.15, -0.1) is 0 Å². The second kappa shape index (κ2) is 3.43. The average molecular weight is 186 g/mol. The summed E-state index contributed by atoms with van der Waals surface area (Å²) in [6.07, 6.45) is 3.49. The van der Waals surface area contributed by atoms with Crippen molar-refractivity contribution < 1.29 is 0 Å². The molecule has 2 rings (SSSR count). The van der Waals surface area contributed by atoms with Gasteiger partial charge >= 0.3 is 0 Å². The molecular weight excluding hydrogens is 172 g/mol. The predicted molar refractivity (Wildman–Crippen MR) is 55.7 cm³/mol. The van der Waals surface area contributed by atoms with E-state index >= 15 is 0 Å². The minimum atomic E-state index is 0.307. The highest BCUT2D eigenvalue weighted by Gasteiger charge is 2.43. The van der Waals surface area contributed by atoms with Crippen LogP contribution in [0.25, 0.3) is 0 Å². The molecule has 0 heterocycles. The van der Waals surface area contributed by atoms with Gasteiger partial charge in [-0.25, -0.2) is 0 Å². The predicted octanol–water partition coefficient (Wildman–Crippen LogP) is 1.94. The van der Waals surface area contributed by atoms with Crippen LogP contribution in [-0.2, 0) is 5.41 Å². The van der Waals surface area contributed by atoms with E-state index in [1.54, 1.807) is 0 Å². The first-order chi connectivity index (χ1) is 6.80. The molecule has 0 bridgehead atoms. The van der Waals surface area contributed by atoms with Crippen LogP contribution in [-0.4, -0.2) is 6.54 Å². The van der Waals surface area contributed by atoms with Gasteiger partial charge in [0.25, 0.3) is 0 Å². The first-order valence-corrected chi connectivity index (χ1v) is 5.01. The molecule has 2 N–H and O–H groups in total. The molecule has 0 radical (unpaired) electrons. The van der Waals surface area contributed by atoms with Crippen LogP contribution in [0.1, 0.15) is 30.4 Å². The molecule has 72 valence electrons. The summed E-state index contributed by atoms with van der Waals surface area (Å²) < 4.78 is 0. The first kappa shape index (κ1) is 9.23. The SMILES string of the molecule is N#Cc1cccc(C2(CCN)CC2)c1. The van der Waals surface area contributed by atoms with E-state index in [0.717, 1.165) is 18.5 Å². The maximum Gasteiger partial charge on any atom is 0.0991 e. The Morgan fingerprint density at radius 1 is 1.43 bits per heavy atom. The average Bonchev–Trinajstić information content (AvgIpc) is 3.00. The Labute approximate surface area is 84.3 Å². The second-order valence-electron chi connectivity index (χ2n) is 4.01. The standard InChI is InChI=1S/C12H14N2/c13-7-6-12(4-5-12)11-3-1-2-10(8-11)9-14/h1-3,8H,4-7,13H2. The van der Waals surface area contributed by atoms with Gasteiger partial charge in [-0.2, -0.15) is 5.26 Å². The third-order valence-corrected chi connectivity index (χ3v) is 3.08. The summed E-state index contributed by atoms with van der Waals surface area (Å²) in [4.78, 5) is 0. The zero-order valence-corrected chi connectivity index (χ0v) is 8.16. The highest BCUT2D eigenvalue weighted by atomic mass is 14.6. The minimum Gasteiger partial charge on any atom is -0.330 e. The first-order valence-electron chi connectivity index (χ1n) is 5.01. The molecular formula is C12H14N2. The zero-order chi connectivity index (χ0) is 10.0. The van der Waals surface area contributed by atoms with Crippen LogP contribution >= 0.6 is 0 Å². The van der Waals surface area contributed by atoms with Crippen LogP contribution in [0.2, 0.25) is 0 Å². The van der Waals surface area contributed by atoms with Gasteiger partial charge < -0.3 is 5.73 Å². The summed E-state index contributed by atoms with van der Waals surface area (Å²) in [5, 5.41) is 8.80. The lowest BCUT2D eigenvalue weighted by atomic mass is 9.91. The summed E-state index contributed by atoms with van der Waals surface area (Å²) in [7, 11) is 0. The fourth-order valence-electron chi connectivity index (χ4n) is 2.03. The molecule has 0 atom stereocenters. The Kier molecular flexibility index (Phi) is 2.26. The quantitative estimate of drug-likeness (QED) is 0.784. The lowest BCUT2D eigenvalue weighted by molar-refractivity contribution is 0.629. The maximum absolute atomic E-state index is 8.80. The smallest absolute Gasteiger partial charge is 0.0991 e. The molecule has 2 nitrogen and oxygen atoms in total. The van der Waals surface area contributed by atoms with Crippen LogP contribution in [0.15, 0.2) is 24.3 Å². The topological polar surface area (TPSA) is 49.8 Å². The van der Waals surface area contributed by atoms with Gasteiger partial charge in [0.05, 0.1) is 11.6 Å². The van der Waals surface area contributed by atoms with E-state index in [0.29, 0.717) is 5.41 Å². The second-order valence-corrected chi connectivity index (χ2v) is 4.01. The lowest BCUT2D eigenvalue weighted by Gasteiger charge is -2.14. The number of nitrogens with two attached hydrogens (primary N) is 1. The normalized spacial score (nSPS) is 17.4. The fourth-order valence-corrected chi connectivity index (χ4v) is 2.03. The van der Waals surface area contributed by atoms with Crippen molar-refractivity contribution in [3.63, 3.8) is 0 Å². The molecule has 0 aliphatic heterocycles. The van der Waals surface area contributed by atoms with Crippen molar-refractivity contribution in [2.75, 3.05) is 6.54 Å². The number of nitriles is 1. The van der Waals surface area contributed by atoms with Crippen molar-refractivity contribution in [2.45, 2.75) is 24.7 Å². The lowest BCUT2D eigenvalue weighted by Crippen LogP contribution is -2.13. The summed E-state index contributed by atoms with van der Waals surface area (Å²) in [5.74, 6) is 0. The maximum atomic E-state index is 8.80. The van der Waals surface area contributed by atoms with Crippen LogP contribution in [0.5, 0.6) is 0 Å². The number of benzene rings is 1. The number of nitrogens with zero attached hydrogens (tertiary/aromatic N) is 1. The molecule has 1 aromatic rings. The Hall–Kier alpha value is -1.33. The molecule has 0 amide bonds. The van der Waals surface area contributed by atoms with E-state index in [1.807, 2.05) is 18.2 Å². The van der Waals surface area contributed by atoms with E-state index in [2.05, 4.69) is 12.1 Å².